The Labute approximate surface area is 115 Å². The highest BCUT2D eigenvalue weighted by atomic mass is 16.6. The molecular formula is C15H23NO3. The molecule has 1 unspecified atom stereocenters. The van der Waals surface area contributed by atoms with Gasteiger partial charge in [-0.1, -0.05) is 13.0 Å². The maximum Gasteiger partial charge on any atom is 0.162 e. The van der Waals surface area contributed by atoms with Crippen molar-refractivity contribution in [3.63, 3.8) is 0 Å². The quantitative estimate of drug-likeness (QED) is 0.768. The van der Waals surface area contributed by atoms with E-state index < -0.39 is 0 Å². The second-order valence-corrected chi connectivity index (χ2v) is 4.77. The van der Waals surface area contributed by atoms with Gasteiger partial charge in [-0.2, -0.15) is 0 Å². The third kappa shape index (κ3) is 4.11. The Bertz CT molecular complexity index is 389. The number of rotatable bonds is 7. The number of hydrogen-bond acceptors (Lipinski definition) is 4. The lowest BCUT2D eigenvalue weighted by Crippen LogP contribution is -2.17. The molecule has 1 saturated heterocycles. The topological polar surface area (TPSA) is 39.7 Å². The highest BCUT2D eigenvalue weighted by Gasteiger charge is 2.19. The second-order valence-electron chi connectivity index (χ2n) is 4.77. The van der Waals surface area contributed by atoms with Crippen LogP contribution in [0.15, 0.2) is 18.2 Å². The summed E-state index contributed by atoms with van der Waals surface area (Å²) in [5.74, 6) is 1.60. The molecule has 0 amide bonds. The summed E-state index contributed by atoms with van der Waals surface area (Å²) >= 11 is 0. The molecule has 0 aliphatic carbocycles. The number of hydrogen-bond donors (Lipinski definition) is 1. The van der Waals surface area contributed by atoms with Gasteiger partial charge < -0.3 is 19.5 Å². The molecule has 1 aliphatic rings. The van der Waals surface area contributed by atoms with Crippen LogP contribution in [-0.4, -0.2) is 33.0 Å². The van der Waals surface area contributed by atoms with E-state index in [0.717, 1.165) is 44.0 Å². The van der Waals surface area contributed by atoms with E-state index in [1.807, 2.05) is 6.07 Å². The van der Waals surface area contributed by atoms with Crippen LogP contribution >= 0.6 is 0 Å². The molecule has 0 radical (unpaired) electrons. The van der Waals surface area contributed by atoms with Crippen molar-refractivity contribution in [2.45, 2.75) is 32.4 Å². The van der Waals surface area contributed by atoms with Crippen molar-refractivity contribution in [1.82, 2.24) is 5.32 Å². The van der Waals surface area contributed by atoms with Crippen LogP contribution in [0.25, 0.3) is 0 Å². The van der Waals surface area contributed by atoms with Gasteiger partial charge in [0.2, 0.25) is 0 Å². The van der Waals surface area contributed by atoms with Crippen molar-refractivity contribution in [3.05, 3.63) is 23.8 Å². The minimum atomic E-state index is 0.146. The summed E-state index contributed by atoms with van der Waals surface area (Å²) < 4.78 is 16.7. The van der Waals surface area contributed by atoms with Crippen LogP contribution in [0.3, 0.4) is 0 Å². The summed E-state index contributed by atoms with van der Waals surface area (Å²) in [7, 11) is 1.67. The van der Waals surface area contributed by atoms with Crippen LogP contribution in [-0.2, 0) is 11.3 Å². The van der Waals surface area contributed by atoms with Crippen molar-refractivity contribution < 1.29 is 14.2 Å². The maximum absolute atomic E-state index is 5.97. The number of ether oxygens (including phenoxy) is 3. The first-order valence-electron chi connectivity index (χ1n) is 6.95. The van der Waals surface area contributed by atoms with Gasteiger partial charge in [-0.15, -0.1) is 0 Å². The van der Waals surface area contributed by atoms with Crippen LogP contribution in [0.2, 0.25) is 0 Å². The molecule has 1 aromatic rings. The van der Waals surface area contributed by atoms with Crippen LogP contribution in [0, 0.1) is 0 Å². The molecule has 1 aliphatic heterocycles. The normalized spacial score (nSPS) is 18.5. The Morgan fingerprint density at radius 3 is 2.95 bits per heavy atom. The molecule has 2 rings (SSSR count). The lowest BCUT2D eigenvalue weighted by Gasteiger charge is -2.16. The molecule has 106 valence electrons. The number of benzene rings is 1. The Hall–Kier alpha value is -1.26. The van der Waals surface area contributed by atoms with Crippen LogP contribution in [0.1, 0.15) is 25.3 Å². The Kier molecular flexibility index (Phi) is 5.48. The molecule has 1 aromatic carbocycles. The summed E-state index contributed by atoms with van der Waals surface area (Å²) in [5.41, 5.74) is 1.21. The molecule has 0 aromatic heterocycles. The summed E-state index contributed by atoms with van der Waals surface area (Å²) in [6, 6.07) is 6.09. The smallest absolute Gasteiger partial charge is 0.162 e. The van der Waals surface area contributed by atoms with E-state index in [9.17, 15) is 0 Å². The first kappa shape index (κ1) is 14.2. The summed E-state index contributed by atoms with van der Waals surface area (Å²) in [6.07, 6.45) is 2.23. The van der Waals surface area contributed by atoms with Crippen molar-refractivity contribution in [2.24, 2.45) is 0 Å². The van der Waals surface area contributed by atoms with Gasteiger partial charge >= 0.3 is 0 Å². The van der Waals surface area contributed by atoms with Crippen molar-refractivity contribution >= 4 is 0 Å². The minimum Gasteiger partial charge on any atom is -0.493 e. The fourth-order valence-corrected chi connectivity index (χ4v) is 2.12. The summed E-state index contributed by atoms with van der Waals surface area (Å²) in [4.78, 5) is 0. The van der Waals surface area contributed by atoms with Gasteiger partial charge in [0.25, 0.3) is 0 Å². The zero-order valence-corrected chi connectivity index (χ0v) is 11.8. The first-order chi connectivity index (χ1) is 9.33. The van der Waals surface area contributed by atoms with Crippen molar-refractivity contribution in [3.8, 4) is 11.5 Å². The van der Waals surface area contributed by atoms with E-state index in [4.69, 9.17) is 14.2 Å². The molecule has 0 spiro atoms. The lowest BCUT2D eigenvalue weighted by atomic mass is 10.2. The average Bonchev–Trinajstić information content (AvgIpc) is 2.92. The third-order valence-electron chi connectivity index (χ3n) is 3.17. The fourth-order valence-electron chi connectivity index (χ4n) is 2.12. The van der Waals surface area contributed by atoms with Crippen LogP contribution in [0.5, 0.6) is 11.5 Å². The third-order valence-corrected chi connectivity index (χ3v) is 3.17. The van der Waals surface area contributed by atoms with Gasteiger partial charge in [0.15, 0.2) is 11.5 Å². The van der Waals surface area contributed by atoms with Gasteiger partial charge in [-0.25, -0.2) is 0 Å². The predicted octanol–water partition coefficient (Wildman–Crippen LogP) is 2.36. The SMILES string of the molecule is CCCNCc1ccc(OC)c(OC2CCOC2)c1. The van der Waals surface area contributed by atoms with E-state index in [-0.39, 0.29) is 6.10 Å². The maximum atomic E-state index is 5.97. The Morgan fingerprint density at radius 1 is 1.37 bits per heavy atom. The van der Waals surface area contributed by atoms with Gasteiger partial charge in [0.1, 0.15) is 6.10 Å². The molecule has 1 atom stereocenters. The van der Waals surface area contributed by atoms with E-state index in [1.165, 1.54) is 5.56 Å². The molecule has 0 saturated carbocycles. The zero-order chi connectivity index (χ0) is 13.5. The largest absolute Gasteiger partial charge is 0.493 e. The van der Waals surface area contributed by atoms with Gasteiger partial charge in [0.05, 0.1) is 20.3 Å². The monoisotopic (exact) mass is 265 g/mol. The lowest BCUT2D eigenvalue weighted by molar-refractivity contribution is 0.138. The van der Waals surface area contributed by atoms with Crippen LogP contribution < -0.4 is 14.8 Å². The fraction of sp³-hybridized carbons (Fsp3) is 0.600. The molecule has 1 N–H and O–H groups in total. The van der Waals surface area contributed by atoms with E-state index >= 15 is 0 Å². The van der Waals surface area contributed by atoms with E-state index in [0.29, 0.717) is 6.61 Å². The highest BCUT2D eigenvalue weighted by Crippen LogP contribution is 2.30. The van der Waals surface area contributed by atoms with Crippen LogP contribution in [0.4, 0.5) is 0 Å². The molecule has 0 bridgehead atoms. The standard InChI is InChI=1S/C15H23NO3/c1-3-7-16-10-12-4-5-14(17-2)15(9-12)19-13-6-8-18-11-13/h4-5,9,13,16H,3,6-8,10-11H2,1-2H3. The molecule has 1 heterocycles. The Balaban J connectivity index is 2.02. The zero-order valence-electron chi connectivity index (χ0n) is 11.8. The first-order valence-corrected chi connectivity index (χ1v) is 6.95. The second kappa shape index (κ2) is 7.36. The van der Waals surface area contributed by atoms with E-state index in [1.54, 1.807) is 7.11 Å². The predicted molar refractivity (Wildman–Crippen MR) is 74.8 cm³/mol. The summed E-state index contributed by atoms with van der Waals surface area (Å²) in [6.45, 7) is 5.50. The minimum absolute atomic E-state index is 0.146. The Morgan fingerprint density at radius 2 is 2.26 bits per heavy atom. The highest BCUT2D eigenvalue weighted by molar-refractivity contribution is 5.43. The molecule has 19 heavy (non-hydrogen) atoms. The van der Waals surface area contributed by atoms with Crippen molar-refractivity contribution in [2.75, 3.05) is 26.9 Å². The number of nitrogens with one attached hydrogen (secondary N) is 1. The van der Waals surface area contributed by atoms with Gasteiger partial charge in [-0.05, 0) is 30.7 Å². The van der Waals surface area contributed by atoms with E-state index in [2.05, 4.69) is 24.4 Å². The van der Waals surface area contributed by atoms with Crippen molar-refractivity contribution in [1.29, 1.82) is 0 Å². The molecular weight excluding hydrogens is 242 g/mol. The average molecular weight is 265 g/mol. The summed E-state index contributed by atoms with van der Waals surface area (Å²) in [5, 5.41) is 3.39. The molecule has 1 fully saturated rings. The molecule has 4 nitrogen and oxygen atoms in total. The van der Waals surface area contributed by atoms with Gasteiger partial charge in [-0.3, -0.25) is 0 Å². The molecule has 4 heteroatoms. The van der Waals surface area contributed by atoms with Gasteiger partial charge in [0, 0.05) is 13.0 Å². The number of methoxy groups -OCH3 is 1.